The third kappa shape index (κ3) is 4.21. The quantitative estimate of drug-likeness (QED) is 0.875. The Morgan fingerprint density at radius 2 is 2.18 bits per heavy atom. The number of rotatable bonds is 5. The summed E-state index contributed by atoms with van der Waals surface area (Å²) in [5.41, 5.74) is 0.466. The first-order valence-corrected chi connectivity index (χ1v) is 7.15. The standard InChI is InChI=1S/C15H21N5O2/c1-11(9-20-7-6-16-12(20)2)8-17-15(22)18-13-4-5-14(21)19(3)10-13/h4-7,10-11H,8-9H2,1-3H3,(H2,17,18,22). The fourth-order valence-corrected chi connectivity index (χ4v) is 2.11. The number of carbonyl (C=O) groups excluding carboxylic acids is 1. The van der Waals surface area contributed by atoms with Crippen LogP contribution in [-0.4, -0.2) is 26.7 Å². The third-order valence-corrected chi connectivity index (χ3v) is 3.39. The topological polar surface area (TPSA) is 81.0 Å². The minimum atomic E-state index is -0.284. The number of nitrogens with one attached hydrogen (secondary N) is 2. The van der Waals surface area contributed by atoms with E-state index in [1.54, 1.807) is 25.5 Å². The second-order valence-electron chi connectivity index (χ2n) is 5.43. The van der Waals surface area contributed by atoms with Gasteiger partial charge in [0, 0.05) is 44.8 Å². The van der Waals surface area contributed by atoms with E-state index in [9.17, 15) is 9.59 Å². The van der Waals surface area contributed by atoms with Crippen LogP contribution in [0.4, 0.5) is 10.5 Å². The van der Waals surface area contributed by atoms with Crippen LogP contribution in [0.2, 0.25) is 0 Å². The molecule has 2 aromatic rings. The monoisotopic (exact) mass is 303 g/mol. The molecular weight excluding hydrogens is 282 g/mol. The van der Waals surface area contributed by atoms with Gasteiger partial charge in [-0.2, -0.15) is 0 Å². The van der Waals surface area contributed by atoms with Crippen LogP contribution < -0.4 is 16.2 Å². The van der Waals surface area contributed by atoms with E-state index < -0.39 is 0 Å². The van der Waals surface area contributed by atoms with Gasteiger partial charge in [0.15, 0.2) is 0 Å². The summed E-state index contributed by atoms with van der Waals surface area (Å²) < 4.78 is 3.47. The molecule has 0 aromatic carbocycles. The van der Waals surface area contributed by atoms with Gasteiger partial charge >= 0.3 is 6.03 Å². The van der Waals surface area contributed by atoms with Gasteiger partial charge in [-0.3, -0.25) is 4.79 Å². The van der Waals surface area contributed by atoms with Gasteiger partial charge in [0.1, 0.15) is 5.82 Å². The number of pyridine rings is 1. The molecule has 0 fully saturated rings. The predicted octanol–water partition coefficient (Wildman–Crippen LogP) is 1.35. The summed E-state index contributed by atoms with van der Waals surface area (Å²) >= 11 is 0. The summed E-state index contributed by atoms with van der Waals surface area (Å²) in [5.74, 6) is 1.24. The van der Waals surface area contributed by atoms with Crippen LogP contribution in [0.25, 0.3) is 0 Å². The number of carbonyl (C=O) groups is 1. The molecule has 7 heteroatoms. The van der Waals surface area contributed by atoms with Gasteiger partial charge in [-0.05, 0) is 18.9 Å². The molecule has 1 atom stereocenters. The highest BCUT2D eigenvalue weighted by Gasteiger charge is 2.08. The fourth-order valence-electron chi connectivity index (χ4n) is 2.11. The van der Waals surface area contributed by atoms with E-state index in [0.717, 1.165) is 12.4 Å². The molecular formula is C15H21N5O2. The Morgan fingerprint density at radius 3 is 2.82 bits per heavy atom. The molecule has 0 aliphatic heterocycles. The van der Waals surface area contributed by atoms with Crippen LogP contribution in [-0.2, 0) is 13.6 Å². The van der Waals surface area contributed by atoms with E-state index >= 15 is 0 Å². The van der Waals surface area contributed by atoms with E-state index in [0.29, 0.717) is 12.2 Å². The zero-order chi connectivity index (χ0) is 16.1. The largest absolute Gasteiger partial charge is 0.338 e. The van der Waals surface area contributed by atoms with Crippen molar-refractivity contribution in [2.24, 2.45) is 13.0 Å². The number of anilines is 1. The first kappa shape index (κ1) is 15.8. The van der Waals surface area contributed by atoms with Crippen molar-refractivity contribution in [3.63, 3.8) is 0 Å². The molecule has 2 heterocycles. The number of hydrogen-bond donors (Lipinski definition) is 2. The molecule has 2 N–H and O–H groups in total. The zero-order valence-corrected chi connectivity index (χ0v) is 13.0. The number of nitrogens with zero attached hydrogens (tertiary/aromatic N) is 3. The van der Waals surface area contributed by atoms with Crippen LogP contribution in [0.15, 0.2) is 35.5 Å². The van der Waals surface area contributed by atoms with E-state index in [4.69, 9.17) is 0 Å². The molecule has 7 nitrogen and oxygen atoms in total. The predicted molar refractivity (Wildman–Crippen MR) is 84.8 cm³/mol. The Hall–Kier alpha value is -2.57. The Kier molecular flexibility index (Phi) is 4.98. The lowest BCUT2D eigenvalue weighted by Gasteiger charge is -2.15. The van der Waals surface area contributed by atoms with Crippen molar-refractivity contribution in [3.8, 4) is 0 Å². The van der Waals surface area contributed by atoms with Gasteiger partial charge in [-0.15, -0.1) is 0 Å². The second kappa shape index (κ2) is 6.93. The molecule has 22 heavy (non-hydrogen) atoms. The highest BCUT2D eigenvalue weighted by molar-refractivity contribution is 5.88. The molecule has 2 aromatic heterocycles. The summed E-state index contributed by atoms with van der Waals surface area (Å²) in [6.07, 6.45) is 5.28. The molecule has 0 aliphatic carbocycles. The first-order chi connectivity index (χ1) is 10.5. The van der Waals surface area contributed by atoms with Gasteiger partial charge < -0.3 is 19.8 Å². The smallest absolute Gasteiger partial charge is 0.319 e. The average Bonchev–Trinajstić information content (AvgIpc) is 2.86. The SMILES string of the molecule is Cc1nccn1CC(C)CNC(=O)Nc1ccc(=O)n(C)c1. The highest BCUT2D eigenvalue weighted by atomic mass is 16.2. The second-order valence-corrected chi connectivity index (χ2v) is 5.43. The zero-order valence-electron chi connectivity index (χ0n) is 13.0. The Morgan fingerprint density at radius 1 is 1.41 bits per heavy atom. The maximum absolute atomic E-state index is 11.9. The van der Waals surface area contributed by atoms with Crippen LogP contribution in [0.1, 0.15) is 12.7 Å². The molecule has 1 unspecified atom stereocenters. The van der Waals surface area contributed by atoms with Crippen molar-refractivity contribution in [3.05, 3.63) is 46.9 Å². The number of imidazole rings is 1. The lowest BCUT2D eigenvalue weighted by Crippen LogP contribution is -2.33. The highest BCUT2D eigenvalue weighted by Crippen LogP contribution is 2.04. The Bertz CT molecular complexity index is 704. The minimum absolute atomic E-state index is 0.115. The molecule has 0 bridgehead atoms. The molecule has 2 rings (SSSR count). The molecule has 0 spiro atoms. The summed E-state index contributed by atoms with van der Waals surface area (Å²) in [4.78, 5) is 27.3. The molecule has 0 radical (unpaired) electrons. The van der Waals surface area contributed by atoms with E-state index in [1.807, 2.05) is 13.1 Å². The van der Waals surface area contributed by atoms with Crippen molar-refractivity contribution < 1.29 is 4.79 Å². The van der Waals surface area contributed by atoms with E-state index in [1.165, 1.54) is 10.6 Å². The Balaban J connectivity index is 1.81. The molecule has 0 saturated carbocycles. The number of aromatic nitrogens is 3. The van der Waals surface area contributed by atoms with Gasteiger partial charge in [-0.25, -0.2) is 9.78 Å². The van der Waals surface area contributed by atoms with Crippen molar-refractivity contribution in [1.82, 2.24) is 19.4 Å². The summed E-state index contributed by atoms with van der Waals surface area (Å²) in [6, 6.07) is 2.72. The van der Waals surface area contributed by atoms with Crippen LogP contribution in [0, 0.1) is 12.8 Å². The fraction of sp³-hybridized carbons (Fsp3) is 0.400. The maximum Gasteiger partial charge on any atom is 0.319 e. The van der Waals surface area contributed by atoms with Gasteiger partial charge in [0.2, 0.25) is 5.56 Å². The van der Waals surface area contributed by atoms with Crippen molar-refractivity contribution in [2.45, 2.75) is 20.4 Å². The Labute approximate surface area is 129 Å². The molecule has 0 aliphatic rings. The molecule has 0 saturated heterocycles. The lowest BCUT2D eigenvalue weighted by atomic mass is 10.2. The summed E-state index contributed by atoms with van der Waals surface area (Å²) in [7, 11) is 1.64. The molecule has 2 amide bonds. The first-order valence-electron chi connectivity index (χ1n) is 7.15. The van der Waals surface area contributed by atoms with E-state index in [2.05, 4.69) is 27.1 Å². The van der Waals surface area contributed by atoms with E-state index in [-0.39, 0.29) is 17.5 Å². The van der Waals surface area contributed by atoms with Gasteiger partial charge in [0.25, 0.3) is 0 Å². The molecule has 118 valence electrons. The summed E-state index contributed by atoms with van der Waals surface area (Å²) in [5, 5.41) is 5.53. The number of urea groups is 1. The number of amides is 2. The maximum atomic E-state index is 11.9. The number of aryl methyl sites for hydroxylation is 2. The van der Waals surface area contributed by atoms with Crippen LogP contribution in [0.5, 0.6) is 0 Å². The van der Waals surface area contributed by atoms with Crippen LogP contribution >= 0.6 is 0 Å². The average molecular weight is 303 g/mol. The minimum Gasteiger partial charge on any atom is -0.338 e. The normalized spacial score (nSPS) is 12.0. The van der Waals surface area contributed by atoms with Crippen LogP contribution in [0.3, 0.4) is 0 Å². The van der Waals surface area contributed by atoms with Gasteiger partial charge in [0.05, 0.1) is 5.69 Å². The number of hydrogen-bond acceptors (Lipinski definition) is 3. The van der Waals surface area contributed by atoms with Crippen molar-refractivity contribution >= 4 is 11.7 Å². The van der Waals surface area contributed by atoms with Crippen molar-refractivity contribution in [2.75, 3.05) is 11.9 Å². The third-order valence-electron chi connectivity index (χ3n) is 3.39. The van der Waals surface area contributed by atoms with Crippen molar-refractivity contribution in [1.29, 1.82) is 0 Å². The van der Waals surface area contributed by atoms with Gasteiger partial charge in [-0.1, -0.05) is 6.92 Å². The lowest BCUT2D eigenvalue weighted by molar-refractivity contribution is 0.250. The summed E-state index contributed by atoms with van der Waals surface area (Å²) in [6.45, 7) is 5.36.